The topological polar surface area (TPSA) is 69.7 Å². The van der Waals surface area contributed by atoms with E-state index < -0.39 is 10.0 Å². The molecule has 1 amide bonds. The minimum atomic E-state index is -3.62. The molecule has 1 N–H and O–H groups in total. The van der Waals surface area contributed by atoms with E-state index in [2.05, 4.69) is 31.0 Å². The summed E-state index contributed by atoms with van der Waals surface area (Å²) in [7, 11) is -1.64. The van der Waals surface area contributed by atoms with Gasteiger partial charge in [0.15, 0.2) is 0 Å². The van der Waals surface area contributed by atoms with Gasteiger partial charge in [-0.25, -0.2) is 8.42 Å². The van der Waals surface area contributed by atoms with Crippen LogP contribution in [0.25, 0.3) is 0 Å². The lowest BCUT2D eigenvalue weighted by Crippen LogP contribution is -2.47. The highest BCUT2D eigenvalue weighted by atomic mass is 32.2. The first-order valence-electron chi connectivity index (χ1n) is 9.78. The van der Waals surface area contributed by atoms with Crippen LogP contribution in [0, 0.1) is 0 Å². The highest BCUT2D eigenvalue weighted by Gasteiger charge is 2.28. The normalized spacial score (nSPS) is 16.6. The summed E-state index contributed by atoms with van der Waals surface area (Å²) in [6.07, 6.45) is 0. The molecular weight excluding hydrogens is 386 g/mol. The van der Waals surface area contributed by atoms with Gasteiger partial charge in [0.1, 0.15) is 0 Å². The second-order valence-corrected chi connectivity index (χ2v) is 10.4. The number of carbonyl (C=O) groups excluding carboxylic acids is 1. The lowest BCUT2D eigenvalue weighted by molar-refractivity contribution is 0.102. The molecule has 0 aliphatic carbocycles. The van der Waals surface area contributed by atoms with Crippen LogP contribution in [0.3, 0.4) is 0 Å². The molecule has 0 bridgehead atoms. The maximum Gasteiger partial charge on any atom is 0.255 e. The van der Waals surface area contributed by atoms with Crippen LogP contribution < -0.4 is 5.32 Å². The Balaban J connectivity index is 1.84. The molecule has 0 saturated carbocycles. The van der Waals surface area contributed by atoms with Crippen molar-refractivity contribution in [3.05, 3.63) is 59.7 Å². The zero-order chi connectivity index (χ0) is 21.2. The predicted octanol–water partition coefficient (Wildman–Crippen LogP) is 3.17. The maximum absolute atomic E-state index is 13.0. The van der Waals surface area contributed by atoms with Crippen LogP contribution in [0.4, 0.5) is 5.69 Å². The molecule has 6 nitrogen and oxygen atoms in total. The summed E-state index contributed by atoms with van der Waals surface area (Å²) in [6, 6.07) is 13.9. The van der Waals surface area contributed by atoms with Gasteiger partial charge in [-0.1, -0.05) is 45.0 Å². The lowest BCUT2D eigenvalue weighted by atomic mass is 9.86. The van der Waals surface area contributed by atoms with E-state index in [-0.39, 0.29) is 16.2 Å². The maximum atomic E-state index is 13.0. The Morgan fingerprint density at radius 1 is 0.966 bits per heavy atom. The third-order valence-corrected chi connectivity index (χ3v) is 7.07. The molecule has 7 heteroatoms. The molecule has 1 saturated heterocycles. The minimum Gasteiger partial charge on any atom is -0.322 e. The molecule has 1 aliphatic rings. The van der Waals surface area contributed by atoms with Gasteiger partial charge in [0, 0.05) is 37.4 Å². The van der Waals surface area contributed by atoms with E-state index in [1.54, 1.807) is 18.2 Å². The van der Waals surface area contributed by atoms with Crippen molar-refractivity contribution in [1.29, 1.82) is 0 Å². The summed E-state index contributed by atoms with van der Waals surface area (Å²) in [5.41, 5.74) is 1.95. The van der Waals surface area contributed by atoms with E-state index in [1.807, 2.05) is 31.3 Å². The summed E-state index contributed by atoms with van der Waals surface area (Å²) < 4.78 is 27.5. The zero-order valence-electron chi connectivity index (χ0n) is 17.5. The van der Waals surface area contributed by atoms with Crippen molar-refractivity contribution in [2.45, 2.75) is 31.1 Å². The van der Waals surface area contributed by atoms with Gasteiger partial charge in [-0.3, -0.25) is 4.79 Å². The second-order valence-electron chi connectivity index (χ2n) is 8.48. The molecule has 3 rings (SSSR count). The van der Waals surface area contributed by atoms with E-state index in [0.717, 1.165) is 11.3 Å². The Kier molecular flexibility index (Phi) is 6.12. The highest BCUT2D eigenvalue weighted by Crippen LogP contribution is 2.29. The van der Waals surface area contributed by atoms with Crippen molar-refractivity contribution >= 4 is 21.6 Å². The smallest absolute Gasteiger partial charge is 0.255 e. The number of anilines is 1. The quantitative estimate of drug-likeness (QED) is 0.833. The van der Waals surface area contributed by atoms with Gasteiger partial charge >= 0.3 is 0 Å². The molecule has 2 aromatic carbocycles. The van der Waals surface area contributed by atoms with Crippen molar-refractivity contribution in [1.82, 2.24) is 9.21 Å². The molecule has 2 aromatic rings. The fraction of sp³-hybridized carbons (Fsp3) is 0.409. The highest BCUT2D eigenvalue weighted by molar-refractivity contribution is 7.89. The van der Waals surface area contributed by atoms with Crippen molar-refractivity contribution < 1.29 is 13.2 Å². The summed E-state index contributed by atoms with van der Waals surface area (Å²) >= 11 is 0. The fourth-order valence-corrected chi connectivity index (χ4v) is 4.88. The van der Waals surface area contributed by atoms with Gasteiger partial charge in [0.2, 0.25) is 10.0 Å². The van der Waals surface area contributed by atoms with Gasteiger partial charge in [-0.05, 0) is 42.3 Å². The van der Waals surface area contributed by atoms with E-state index in [4.69, 9.17) is 0 Å². The van der Waals surface area contributed by atoms with Crippen molar-refractivity contribution in [2.75, 3.05) is 38.5 Å². The molecule has 1 fully saturated rings. The van der Waals surface area contributed by atoms with Gasteiger partial charge in [0.05, 0.1) is 4.90 Å². The molecule has 0 atom stereocenters. The summed E-state index contributed by atoms with van der Waals surface area (Å²) in [4.78, 5) is 15.1. The Bertz CT molecular complexity index is 988. The van der Waals surface area contributed by atoms with Crippen LogP contribution in [0.15, 0.2) is 53.4 Å². The van der Waals surface area contributed by atoms with Crippen molar-refractivity contribution in [3.63, 3.8) is 0 Å². The third kappa shape index (κ3) is 4.86. The van der Waals surface area contributed by atoms with Crippen LogP contribution >= 0.6 is 0 Å². The molecule has 29 heavy (non-hydrogen) atoms. The standard InChI is InChI=1S/C22H29N3O3S/c1-22(2,3)19-10-5-6-11-20(19)23-21(26)17-8-7-9-18(16-17)29(27,28)25-14-12-24(4)13-15-25/h5-11,16H,12-15H2,1-4H3,(H,23,26). The Morgan fingerprint density at radius 3 is 2.28 bits per heavy atom. The monoisotopic (exact) mass is 415 g/mol. The number of benzene rings is 2. The summed E-state index contributed by atoms with van der Waals surface area (Å²) in [5.74, 6) is -0.322. The number of nitrogens with one attached hydrogen (secondary N) is 1. The van der Waals surface area contributed by atoms with Gasteiger partial charge in [0.25, 0.3) is 5.91 Å². The Hall–Kier alpha value is -2.22. The SMILES string of the molecule is CN1CCN(S(=O)(=O)c2cccc(C(=O)Nc3ccccc3C(C)(C)C)c2)CC1. The predicted molar refractivity (Wildman–Crippen MR) is 116 cm³/mol. The largest absolute Gasteiger partial charge is 0.322 e. The van der Waals surface area contributed by atoms with Crippen LogP contribution in [0.2, 0.25) is 0 Å². The lowest BCUT2D eigenvalue weighted by Gasteiger charge is -2.31. The molecule has 0 radical (unpaired) electrons. The van der Waals surface area contributed by atoms with Crippen molar-refractivity contribution in [3.8, 4) is 0 Å². The second kappa shape index (κ2) is 8.26. The average molecular weight is 416 g/mol. The number of hydrogen-bond acceptors (Lipinski definition) is 4. The Morgan fingerprint density at radius 2 is 1.62 bits per heavy atom. The van der Waals surface area contributed by atoms with E-state index >= 15 is 0 Å². The van der Waals surface area contributed by atoms with E-state index in [0.29, 0.717) is 31.7 Å². The molecule has 1 heterocycles. The number of amides is 1. The van der Waals surface area contributed by atoms with Gasteiger partial charge < -0.3 is 10.2 Å². The number of para-hydroxylation sites is 1. The van der Waals surface area contributed by atoms with Crippen LogP contribution in [0.5, 0.6) is 0 Å². The molecule has 1 aliphatic heterocycles. The molecular formula is C22H29N3O3S. The number of rotatable bonds is 4. The number of hydrogen-bond donors (Lipinski definition) is 1. The summed E-state index contributed by atoms with van der Waals surface area (Å²) in [6.45, 7) is 8.55. The van der Waals surface area contributed by atoms with Crippen LogP contribution in [0.1, 0.15) is 36.7 Å². The Labute approximate surface area is 173 Å². The third-order valence-electron chi connectivity index (χ3n) is 5.18. The molecule has 0 aromatic heterocycles. The average Bonchev–Trinajstić information content (AvgIpc) is 2.68. The minimum absolute atomic E-state index is 0.128. The van der Waals surface area contributed by atoms with Crippen LogP contribution in [-0.2, 0) is 15.4 Å². The van der Waals surface area contributed by atoms with Gasteiger partial charge in [-0.2, -0.15) is 4.31 Å². The first-order chi connectivity index (χ1) is 13.6. The number of piperazine rings is 1. The van der Waals surface area contributed by atoms with Crippen molar-refractivity contribution in [2.24, 2.45) is 0 Å². The zero-order valence-corrected chi connectivity index (χ0v) is 18.3. The number of nitrogens with zero attached hydrogens (tertiary/aromatic N) is 2. The summed E-state index contributed by atoms with van der Waals surface area (Å²) in [5, 5.41) is 2.94. The van der Waals surface area contributed by atoms with Crippen LogP contribution in [-0.4, -0.2) is 56.8 Å². The molecule has 156 valence electrons. The fourth-order valence-electron chi connectivity index (χ4n) is 3.42. The molecule has 0 unspecified atom stereocenters. The first kappa shape index (κ1) is 21.5. The van der Waals surface area contributed by atoms with E-state index in [9.17, 15) is 13.2 Å². The van der Waals surface area contributed by atoms with Gasteiger partial charge in [-0.15, -0.1) is 0 Å². The number of carbonyl (C=O) groups is 1. The number of sulfonamides is 1. The van der Waals surface area contributed by atoms with E-state index in [1.165, 1.54) is 10.4 Å². The molecule has 0 spiro atoms. The number of likely N-dealkylation sites (N-methyl/N-ethyl adjacent to an activating group) is 1. The first-order valence-corrected chi connectivity index (χ1v) is 11.2.